The zero-order valence-electron chi connectivity index (χ0n) is 30.2. The van der Waals surface area contributed by atoms with Crippen molar-refractivity contribution in [1.29, 1.82) is 0 Å². The Labute approximate surface area is 277 Å². The number of methoxy groups -OCH3 is 1. The third-order valence-electron chi connectivity index (χ3n) is 15.3. The van der Waals surface area contributed by atoms with Gasteiger partial charge in [-0.15, -0.1) is 0 Å². The van der Waals surface area contributed by atoms with Crippen LogP contribution >= 0.6 is 0 Å². The SMILES string of the molecule is C=C(C)[C@@H]1CC[C@]2(/C=C/[N+](=O)[O-])CC[C@]3(C)C(CCC4[C@@]5(C)CC[C@H](OC(=O)CC(C)(C)CC(=O)OC)C(C)(C)C5CC[C@]43C)C12. The molecular weight excluding hydrogens is 578 g/mol. The second kappa shape index (κ2) is 11.8. The van der Waals surface area contributed by atoms with Crippen molar-refractivity contribution in [3.63, 3.8) is 0 Å². The first-order valence-corrected chi connectivity index (χ1v) is 18.0. The lowest BCUT2D eigenvalue weighted by molar-refractivity contribution is -0.403. The highest BCUT2D eigenvalue weighted by Crippen LogP contribution is 2.77. The summed E-state index contributed by atoms with van der Waals surface area (Å²) in [5.74, 6) is 1.88. The van der Waals surface area contributed by atoms with Crippen LogP contribution in [0.3, 0.4) is 0 Å². The van der Waals surface area contributed by atoms with Crippen molar-refractivity contribution >= 4 is 11.9 Å². The highest BCUT2D eigenvalue weighted by molar-refractivity contribution is 5.74. The van der Waals surface area contributed by atoms with Crippen LogP contribution in [0.25, 0.3) is 0 Å². The fourth-order valence-corrected chi connectivity index (χ4v) is 13.0. The first-order chi connectivity index (χ1) is 21.3. The molecule has 5 fully saturated rings. The Bertz CT molecular complexity index is 1280. The Kier molecular flexibility index (Phi) is 8.98. The molecule has 5 aliphatic rings. The molecule has 0 heterocycles. The predicted octanol–water partition coefficient (Wildman–Crippen LogP) is 9.33. The maximum Gasteiger partial charge on any atom is 0.306 e. The molecule has 0 aromatic heterocycles. The summed E-state index contributed by atoms with van der Waals surface area (Å²) in [5.41, 5.74) is 0.979. The van der Waals surface area contributed by atoms with Gasteiger partial charge in [-0.25, -0.2) is 0 Å². The number of hydrogen-bond donors (Lipinski definition) is 0. The summed E-state index contributed by atoms with van der Waals surface area (Å²) in [7, 11) is 1.38. The minimum atomic E-state index is -0.516. The van der Waals surface area contributed by atoms with Gasteiger partial charge in [0, 0.05) is 5.41 Å². The Morgan fingerprint density at radius 1 is 0.891 bits per heavy atom. The number of esters is 2. The first-order valence-electron chi connectivity index (χ1n) is 18.0. The van der Waals surface area contributed by atoms with E-state index in [0.29, 0.717) is 29.6 Å². The number of nitro groups is 1. The number of carbonyl (C=O) groups is 2. The van der Waals surface area contributed by atoms with E-state index in [-0.39, 0.29) is 62.9 Å². The molecule has 0 amide bonds. The summed E-state index contributed by atoms with van der Waals surface area (Å²) in [4.78, 5) is 36.4. The van der Waals surface area contributed by atoms with Gasteiger partial charge in [-0.05, 0) is 134 Å². The van der Waals surface area contributed by atoms with Crippen LogP contribution in [-0.4, -0.2) is 30.1 Å². The summed E-state index contributed by atoms with van der Waals surface area (Å²) in [6.45, 7) is 22.9. The van der Waals surface area contributed by atoms with Crippen LogP contribution in [0.5, 0.6) is 0 Å². The van der Waals surface area contributed by atoms with E-state index in [4.69, 9.17) is 9.47 Å². The van der Waals surface area contributed by atoms with Gasteiger partial charge in [0.1, 0.15) is 6.10 Å². The average Bonchev–Trinajstić information content (AvgIpc) is 3.33. The molecule has 0 saturated heterocycles. The first kappa shape index (κ1) is 35.1. The van der Waals surface area contributed by atoms with E-state index in [9.17, 15) is 19.7 Å². The highest BCUT2D eigenvalue weighted by atomic mass is 16.6. The molecule has 7 heteroatoms. The van der Waals surface area contributed by atoms with Crippen LogP contribution in [0.2, 0.25) is 0 Å². The Morgan fingerprint density at radius 2 is 1.57 bits per heavy atom. The summed E-state index contributed by atoms with van der Waals surface area (Å²) < 4.78 is 11.1. The second-order valence-corrected chi connectivity index (χ2v) is 18.5. The molecule has 5 aliphatic carbocycles. The molecule has 5 rings (SSSR count). The summed E-state index contributed by atoms with van der Waals surface area (Å²) in [6.07, 6.45) is 14.3. The molecular formula is C39H61NO6. The monoisotopic (exact) mass is 639 g/mol. The highest BCUT2D eigenvalue weighted by Gasteiger charge is 2.71. The van der Waals surface area contributed by atoms with Crippen LogP contribution in [-0.2, 0) is 19.1 Å². The molecule has 7 nitrogen and oxygen atoms in total. The van der Waals surface area contributed by atoms with E-state index in [0.717, 1.165) is 44.9 Å². The third kappa shape index (κ3) is 5.47. The van der Waals surface area contributed by atoms with Gasteiger partial charge in [-0.1, -0.05) is 60.6 Å². The molecule has 4 unspecified atom stereocenters. The number of hydrogen-bond acceptors (Lipinski definition) is 6. The normalized spacial score (nSPS) is 43.1. The third-order valence-corrected chi connectivity index (χ3v) is 15.3. The molecule has 0 aromatic rings. The van der Waals surface area contributed by atoms with E-state index in [1.165, 1.54) is 38.1 Å². The number of allylic oxidation sites excluding steroid dienone is 2. The van der Waals surface area contributed by atoms with Crippen LogP contribution in [0.1, 0.15) is 132 Å². The molecule has 46 heavy (non-hydrogen) atoms. The van der Waals surface area contributed by atoms with Gasteiger partial charge in [0.15, 0.2) is 0 Å². The number of nitrogens with zero attached hydrogens (tertiary/aromatic N) is 1. The van der Waals surface area contributed by atoms with Gasteiger partial charge in [0.2, 0.25) is 6.20 Å². The van der Waals surface area contributed by atoms with Gasteiger partial charge in [-0.3, -0.25) is 19.7 Å². The van der Waals surface area contributed by atoms with Crippen molar-refractivity contribution in [3.05, 3.63) is 34.5 Å². The van der Waals surface area contributed by atoms with Crippen molar-refractivity contribution < 1.29 is 24.0 Å². The van der Waals surface area contributed by atoms with Gasteiger partial charge in [-0.2, -0.15) is 0 Å². The topological polar surface area (TPSA) is 95.7 Å². The Hall–Kier alpha value is -2.18. The fourth-order valence-electron chi connectivity index (χ4n) is 13.0. The van der Waals surface area contributed by atoms with Gasteiger partial charge < -0.3 is 9.47 Å². The zero-order valence-corrected chi connectivity index (χ0v) is 30.2. The standard InChI is InChI=1S/C39H61NO6/c1-25(2)26-13-18-39(21-22-40(43)44)20-19-37(8)27(33(26)39)11-12-29-36(7)16-15-30(35(5,6)28(36)14-17-38(29,37)9)46-32(42)24-34(3,4)23-31(41)45-10/h21-22,26-30,33H,1,11-20,23-24H2,2-10H3/b22-21+/t26-,27?,28?,29?,30-,33?,36-,37+,38+,39+/m0/s1. The molecule has 0 N–H and O–H groups in total. The van der Waals surface area contributed by atoms with Gasteiger partial charge >= 0.3 is 11.9 Å². The van der Waals surface area contributed by atoms with Gasteiger partial charge in [0.25, 0.3) is 0 Å². The van der Waals surface area contributed by atoms with E-state index >= 15 is 0 Å². The maximum absolute atomic E-state index is 13.3. The molecule has 0 spiro atoms. The molecule has 0 bridgehead atoms. The second-order valence-electron chi connectivity index (χ2n) is 18.5. The minimum Gasteiger partial charge on any atom is -0.469 e. The fraction of sp³-hybridized carbons (Fsp3) is 0.846. The zero-order chi connectivity index (χ0) is 34.1. The van der Waals surface area contributed by atoms with Crippen LogP contribution < -0.4 is 0 Å². The maximum atomic E-state index is 13.3. The van der Waals surface area contributed by atoms with E-state index in [1.807, 2.05) is 19.9 Å². The Morgan fingerprint density at radius 3 is 2.20 bits per heavy atom. The Balaban J connectivity index is 1.39. The van der Waals surface area contributed by atoms with E-state index in [2.05, 4.69) is 48.1 Å². The van der Waals surface area contributed by atoms with Crippen molar-refractivity contribution in [1.82, 2.24) is 0 Å². The lowest BCUT2D eigenvalue weighted by atomic mass is 9.32. The summed E-state index contributed by atoms with van der Waals surface area (Å²) in [5, 5.41) is 11.5. The molecule has 0 radical (unpaired) electrons. The van der Waals surface area contributed by atoms with Crippen molar-refractivity contribution in [2.45, 2.75) is 139 Å². The van der Waals surface area contributed by atoms with Crippen LogP contribution in [0.4, 0.5) is 0 Å². The number of rotatable bonds is 8. The van der Waals surface area contributed by atoms with Crippen molar-refractivity contribution in [2.75, 3.05) is 7.11 Å². The number of ether oxygens (including phenoxy) is 2. The van der Waals surface area contributed by atoms with E-state index in [1.54, 1.807) is 0 Å². The van der Waals surface area contributed by atoms with Crippen molar-refractivity contribution in [3.8, 4) is 0 Å². The summed E-state index contributed by atoms with van der Waals surface area (Å²) >= 11 is 0. The number of carbonyl (C=O) groups excluding carboxylic acids is 2. The quantitative estimate of drug-likeness (QED) is 0.114. The van der Waals surface area contributed by atoms with E-state index < -0.39 is 5.41 Å². The van der Waals surface area contributed by atoms with Crippen LogP contribution in [0, 0.1) is 72.2 Å². The molecule has 0 aliphatic heterocycles. The lowest BCUT2D eigenvalue weighted by Gasteiger charge is -2.73. The molecule has 10 atom stereocenters. The number of fused-ring (bicyclic) bond motifs is 7. The minimum absolute atomic E-state index is 0.0967. The lowest BCUT2D eigenvalue weighted by Crippen LogP contribution is -2.66. The largest absolute Gasteiger partial charge is 0.469 e. The van der Waals surface area contributed by atoms with Gasteiger partial charge in [0.05, 0.1) is 24.9 Å². The van der Waals surface area contributed by atoms with Crippen molar-refractivity contribution in [2.24, 2.45) is 62.1 Å². The molecule has 258 valence electrons. The molecule has 5 saturated carbocycles. The smallest absolute Gasteiger partial charge is 0.306 e. The predicted molar refractivity (Wildman–Crippen MR) is 180 cm³/mol. The molecule has 0 aromatic carbocycles. The van der Waals surface area contributed by atoms with Crippen LogP contribution in [0.15, 0.2) is 24.4 Å². The summed E-state index contributed by atoms with van der Waals surface area (Å²) in [6, 6.07) is 0. The average molecular weight is 640 g/mol.